The van der Waals surface area contributed by atoms with E-state index in [0.29, 0.717) is 0 Å². The van der Waals surface area contributed by atoms with Crippen LogP contribution in [0.3, 0.4) is 0 Å². The van der Waals surface area contributed by atoms with Gasteiger partial charge in [0.2, 0.25) is 5.69 Å². The summed E-state index contributed by atoms with van der Waals surface area (Å²) in [6.45, 7) is 2.14. The highest BCUT2D eigenvalue weighted by atomic mass is 16.3. The maximum atomic E-state index is 6.62. The molecule has 0 fully saturated rings. The third kappa shape index (κ3) is 4.09. The Morgan fingerprint density at radius 1 is 0.590 bits per heavy atom. The molecule has 39 heavy (non-hydrogen) atoms. The lowest BCUT2D eigenvalue weighted by atomic mass is 9.98. The van der Waals surface area contributed by atoms with Crippen LogP contribution in [0.1, 0.15) is 5.56 Å². The van der Waals surface area contributed by atoms with E-state index in [9.17, 15) is 0 Å². The minimum Gasteiger partial charge on any atom is -0.455 e. The lowest BCUT2D eigenvalue weighted by molar-refractivity contribution is -0.660. The number of nitrogens with zero attached hydrogens (tertiary/aromatic N) is 2. The standard InChI is InChI=1S/C36H27N2O/c1-24-16-18-30-29-19-17-27(23-34(29)39-36(30)35(24)33-15-9-10-20-38(33)2)32-22-28(25-11-5-3-6-12-25)21-31(37-32)26-13-7-4-8-14-26/h3-23H,1-2H3/q+1. The summed E-state index contributed by atoms with van der Waals surface area (Å²) < 4.78 is 8.77. The molecule has 0 aliphatic carbocycles. The van der Waals surface area contributed by atoms with Crippen molar-refractivity contribution in [2.45, 2.75) is 6.92 Å². The lowest BCUT2D eigenvalue weighted by Crippen LogP contribution is -2.30. The number of hydrogen-bond donors (Lipinski definition) is 0. The molecule has 0 bridgehead atoms. The highest BCUT2D eigenvalue weighted by Gasteiger charge is 2.20. The molecule has 3 aromatic heterocycles. The summed E-state index contributed by atoms with van der Waals surface area (Å²) in [7, 11) is 2.07. The molecule has 0 amide bonds. The van der Waals surface area contributed by atoms with E-state index < -0.39 is 0 Å². The molecule has 0 saturated carbocycles. The molecule has 0 unspecified atom stereocenters. The van der Waals surface area contributed by atoms with Crippen LogP contribution in [0.2, 0.25) is 0 Å². The highest BCUT2D eigenvalue weighted by molar-refractivity contribution is 6.10. The van der Waals surface area contributed by atoms with E-state index in [4.69, 9.17) is 9.40 Å². The Balaban J connectivity index is 1.43. The average Bonchev–Trinajstić information content (AvgIpc) is 3.36. The molecule has 186 valence electrons. The maximum absolute atomic E-state index is 6.62. The molecule has 0 saturated heterocycles. The monoisotopic (exact) mass is 503 g/mol. The van der Waals surface area contributed by atoms with Crippen LogP contribution in [0.15, 0.2) is 132 Å². The largest absolute Gasteiger partial charge is 0.455 e. The molecule has 0 N–H and O–H groups in total. The van der Waals surface area contributed by atoms with Crippen molar-refractivity contribution in [2.75, 3.05) is 0 Å². The average molecular weight is 504 g/mol. The number of pyridine rings is 2. The van der Waals surface area contributed by atoms with Crippen molar-refractivity contribution in [1.29, 1.82) is 0 Å². The molecule has 0 spiro atoms. The Bertz CT molecular complexity index is 1910. The van der Waals surface area contributed by atoms with E-state index >= 15 is 0 Å². The van der Waals surface area contributed by atoms with Gasteiger partial charge in [0.1, 0.15) is 18.2 Å². The number of fused-ring (bicyclic) bond motifs is 3. The zero-order chi connectivity index (χ0) is 26.3. The SMILES string of the molecule is Cc1ccc2c(oc3cc(-c4cc(-c5ccccc5)cc(-c5ccccc5)n4)ccc32)c1-c1cccc[n+]1C. The third-order valence-electron chi connectivity index (χ3n) is 7.46. The van der Waals surface area contributed by atoms with Crippen molar-refractivity contribution in [3.63, 3.8) is 0 Å². The number of rotatable bonds is 4. The molecule has 3 nitrogen and oxygen atoms in total. The summed E-state index contributed by atoms with van der Waals surface area (Å²) in [6, 6.07) is 42.3. The van der Waals surface area contributed by atoms with Crippen molar-refractivity contribution in [3.8, 4) is 44.9 Å². The van der Waals surface area contributed by atoms with Crippen LogP contribution in [0.4, 0.5) is 0 Å². The zero-order valence-electron chi connectivity index (χ0n) is 21.9. The summed E-state index contributed by atoms with van der Waals surface area (Å²) in [5.41, 5.74) is 11.5. The van der Waals surface area contributed by atoms with Crippen LogP contribution >= 0.6 is 0 Å². The molecule has 0 aliphatic heterocycles. The first kappa shape index (κ1) is 23.1. The van der Waals surface area contributed by atoms with E-state index in [1.165, 1.54) is 11.1 Å². The van der Waals surface area contributed by atoms with Crippen LogP contribution in [0.5, 0.6) is 0 Å². The third-order valence-corrected chi connectivity index (χ3v) is 7.46. The molecule has 0 aliphatic rings. The van der Waals surface area contributed by atoms with Crippen LogP contribution in [-0.2, 0) is 7.05 Å². The van der Waals surface area contributed by atoms with Gasteiger partial charge in [-0.3, -0.25) is 0 Å². The maximum Gasteiger partial charge on any atom is 0.216 e. The number of aryl methyl sites for hydroxylation is 2. The smallest absolute Gasteiger partial charge is 0.216 e. The van der Waals surface area contributed by atoms with Crippen LogP contribution in [0, 0.1) is 6.92 Å². The van der Waals surface area contributed by atoms with Gasteiger partial charge in [0, 0.05) is 34.0 Å². The van der Waals surface area contributed by atoms with Crippen LogP contribution in [-0.4, -0.2) is 4.98 Å². The first-order valence-electron chi connectivity index (χ1n) is 13.2. The number of benzene rings is 4. The Kier molecular flexibility index (Phi) is 5.56. The van der Waals surface area contributed by atoms with Gasteiger partial charge in [0.25, 0.3) is 0 Å². The molecule has 4 aromatic carbocycles. The Hall–Kier alpha value is -5.02. The van der Waals surface area contributed by atoms with Crippen molar-refractivity contribution in [1.82, 2.24) is 4.98 Å². The molecule has 0 radical (unpaired) electrons. The fraction of sp³-hybridized carbons (Fsp3) is 0.0556. The summed E-state index contributed by atoms with van der Waals surface area (Å²) in [6.07, 6.45) is 2.07. The van der Waals surface area contributed by atoms with Gasteiger partial charge < -0.3 is 4.42 Å². The molecule has 0 atom stereocenters. The van der Waals surface area contributed by atoms with Crippen molar-refractivity contribution < 1.29 is 8.98 Å². The predicted octanol–water partition coefficient (Wildman–Crippen LogP) is 8.78. The molecular formula is C36H27N2O+. The second kappa shape index (κ2) is 9.38. The molecule has 7 aromatic rings. The summed E-state index contributed by atoms with van der Waals surface area (Å²) in [4.78, 5) is 5.11. The van der Waals surface area contributed by atoms with E-state index in [0.717, 1.165) is 61.3 Å². The molecule has 7 rings (SSSR count). The van der Waals surface area contributed by atoms with Gasteiger partial charge in [-0.05, 0) is 53.9 Å². The fourth-order valence-electron chi connectivity index (χ4n) is 5.43. The van der Waals surface area contributed by atoms with Gasteiger partial charge in [0.15, 0.2) is 6.20 Å². The van der Waals surface area contributed by atoms with Crippen molar-refractivity contribution >= 4 is 21.9 Å². The number of aromatic nitrogens is 2. The van der Waals surface area contributed by atoms with Crippen LogP contribution < -0.4 is 4.57 Å². The quantitative estimate of drug-likeness (QED) is 0.225. The molecule has 3 heterocycles. The minimum atomic E-state index is 0.862. The Morgan fingerprint density at radius 2 is 1.26 bits per heavy atom. The van der Waals surface area contributed by atoms with E-state index in [1.54, 1.807) is 0 Å². The van der Waals surface area contributed by atoms with Gasteiger partial charge in [-0.25, -0.2) is 9.55 Å². The van der Waals surface area contributed by atoms with E-state index in [-0.39, 0.29) is 0 Å². The van der Waals surface area contributed by atoms with E-state index in [2.05, 4.69) is 128 Å². The van der Waals surface area contributed by atoms with E-state index in [1.807, 2.05) is 18.2 Å². The summed E-state index contributed by atoms with van der Waals surface area (Å²) in [5, 5.41) is 2.23. The Labute approximate surface area is 227 Å². The fourth-order valence-corrected chi connectivity index (χ4v) is 5.43. The molecular weight excluding hydrogens is 476 g/mol. The Morgan fingerprint density at radius 3 is 2.00 bits per heavy atom. The lowest BCUT2D eigenvalue weighted by Gasteiger charge is -2.10. The van der Waals surface area contributed by atoms with Gasteiger partial charge >= 0.3 is 0 Å². The predicted molar refractivity (Wildman–Crippen MR) is 159 cm³/mol. The zero-order valence-corrected chi connectivity index (χ0v) is 21.9. The number of hydrogen-bond acceptors (Lipinski definition) is 2. The first-order chi connectivity index (χ1) is 19.2. The van der Waals surface area contributed by atoms with Gasteiger partial charge in [-0.2, -0.15) is 0 Å². The summed E-state index contributed by atoms with van der Waals surface area (Å²) in [5.74, 6) is 0. The molecule has 3 heteroatoms. The highest BCUT2D eigenvalue weighted by Crippen LogP contribution is 2.39. The van der Waals surface area contributed by atoms with Crippen LogP contribution in [0.25, 0.3) is 66.8 Å². The number of furan rings is 1. The summed E-state index contributed by atoms with van der Waals surface area (Å²) >= 11 is 0. The van der Waals surface area contributed by atoms with Gasteiger partial charge in [0.05, 0.1) is 17.0 Å². The topological polar surface area (TPSA) is 29.9 Å². The first-order valence-corrected chi connectivity index (χ1v) is 13.2. The van der Waals surface area contributed by atoms with Crippen molar-refractivity contribution in [2.24, 2.45) is 7.05 Å². The van der Waals surface area contributed by atoms with Gasteiger partial charge in [-0.1, -0.05) is 78.9 Å². The second-order valence-corrected chi connectivity index (χ2v) is 10.0. The minimum absolute atomic E-state index is 0.862. The second-order valence-electron chi connectivity index (χ2n) is 10.0. The normalized spacial score (nSPS) is 11.3. The van der Waals surface area contributed by atoms with Crippen molar-refractivity contribution in [3.05, 3.63) is 133 Å². The van der Waals surface area contributed by atoms with Gasteiger partial charge in [-0.15, -0.1) is 0 Å².